The molecule has 3 rings (SSSR count). The van der Waals surface area contributed by atoms with Gasteiger partial charge in [0.2, 0.25) is 0 Å². The lowest BCUT2D eigenvalue weighted by atomic mass is 9.73. The van der Waals surface area contributed by atoms with E-state index < -0.39 is 35.6 Å². The van der Waals surface area contributed by atoms with E-state index in [1.54, 1.807) is 32.1 Å². The van der Waals surface area contributed by atoms with E-state index >= 15 is 0 Å². The van der Waals surface area contributed by atoms with Gasteiger partial charge in [-0.1, -0.05) is 34.1 Å². The van der Waals surface area contributed by atoms with E-state index in [-0.39, 0.29) is 30.3 Å². The molecule has 2 saturated heterocycles. The maximum Gasteiger partial charge on any atom is 0.308 e. The number of aliphatic hydroxyl groups excluding tert-OH is 2. The minimum Gasteiger partial charge on any atom is -0.459 e. The molecular weight excluding hydrogens is 454 g/mol. The Morgan fingerprint density at radius 1 is 1.21 bits per heavy atom. The summed E-state index contributed by atoms with van der Waals surface area (Å²) in [5, 5.41) is 24.6. The summed E-state index contributed by atoms with van der Waals surface area (Å²) in [5.41, 5.74) is 0.740. The SMILES string of the molecule is C/C(=C\c1csc(C)n1)[C@@H]1C[C@H]2OC(=O)C[C@H](O)C(C)(C)C(=O)[C@H](C)[C@@H](O)[C@@H](C)CCC[C@H]2O1. The number of ether oxygens (including phenoxy) is 2. The Morgan fingerprint density at radius 2 is 1.91 bits per heavy atom. The Morgan fingerprint density at radius 3 is 2.56 bits per heavy atom. The van der Waals surface area contributed by atoms with Crippen molar-refractivity contribution in [3.8, 4) is 0 Å². The fourth-order valence-electron chi connectivity index (χ4n) is 5.00. The molecule has 1 aromatic rings. The van der Waals surface area contributed by atoms with Gasteiger partial charge in [-0.2, -0.15) is 0 Å². The zero-order chi connectivity index (χ0) is 25.2. The largest absolute Gasteiger partial charge is 0.459 e. The van der Waals surface area contributed by atoms with Crippen molar-refractivity contribution in [3.63, 3.8) is 0 Å². The third kappa shape index (κ3) is 6.14. The molecule has 0 bridgehead atoms. The van der Waals surface area contributed by atoms with Crippen LogP contribution in [0.25, 0.3) is 6.08 Å². The van der Waals surface area contributed by atoms with Gasteiger partial charge in [0.25, 0.3) is 0 Å². The third-order valence-corrected chi connectivity index (χ3v) is 8.28. The molecule has 0 aromatic carbocycles. The van der Waals surface area contributed by atoms with Crippen LogP contribution in [0.1, 0.15) is 77.4 Å². The third-order valence-electron chi connectivity index (χ3n) is 7.49. The topological polar surface area (TPSA) is 106 Å². The minimum absolute atomic E-state index is 0.0810. The highest BCUT2D eigenvalue weighted by Gasteiger charge is 2.44. The number of nitrogens with zero attached hydrogens (tertiary/aromatic N) is 1. The van der Waals surface area contributed by atoms with Crippen molar-refractivity contribution >= 4 is 29.2 Å². The van der Waals surface area contributed by atoms with E-state index in [9.17, 15) is 19.8 Å². The first kappa shape index (κ1) is 27.0. The molecular formula is C26H39NO6S. The molecule has 3 heterocycles. The molecule has 7 nitrogen and oxygen atoms in total. The average Bonchev–Trinajstić information content (AvgIpc) is 3.36. The number of carbonyl (C=O) groups is 2. The van der Waals surface area contributed by atoms with Crippen LogP contribution in [0.5, 0.6) is 0 Å². The molecule has 7 atom stereocenters. The summed E-state index contributed by atoms with van der Waals surface area (Å²) >= 11 is 1.59. The van der Waals surface area contributed by atoms with E-state index in [1.807, 2.05) is 32.2 Å². The average molecular weight is 494 g/mol. The van der Waals surface area contributed by atoms with E-state index in [2.05, 4.69) is 4.98 Å². The number of carbonyl (C=O) groups excluding carboxylic acids is 2. The molecule has 0 unspecified atom stereocenters. The Bertz CT molecular complexity index is 909. The predicted molar refractivity (Wildman–Crippen MR) is 131 cm³/mol. The summed E-state index contributed by atoms with van der Waals surface area (Å²) in [7, 11) is 0. The van der Waals surface area contributed by atoms with Gasteiger partial charge in [0.1, 0.15) is 11.9 Å². The van der Waals surface area contributed by atoms with Crippen LogP contribution in [0.3, 0.4) is 0 Å². The summed E-state index contributed by atoms with van der Waals surface area (Å²) in [6.45, 7) is 10.9. The van der Waals surface area contributed by atoms with Crippen molar-refractivity contribution in [2.45, 2.75) is 104 Å². The molecule has 2 aliphatic heterocycles. The fraction of sp³-hybridized carbons (Fsp3) is 0.731. The number of Topliss-reactive ketones (excluding diaryl/α,β-unsaturated/α-hetero) is 1. The summed E-state index contributed by atoms with van der Waals surface area (Å²) in [6.07, 6.45) is 1.57. The normalized spacial score (nSPS) is 36.0. The number of hydrogen-bond donors (Lipinski definition) is 2. The molecule has 8 heteroatoms. The van der Waals surface area contributed by atoms with Gasteiger partial charge >= 0.3 is 5.97 Å². The van der Waals surface area contributed by atoms with Crippen LogP contribution >= 0.6 is 11.3 Å². The molecule has 190 valence electrons. The minimum atomic E-state index is -1.20. The Kier molecular flexibility index (Phi) is 8.71. The molecule has 0 amide bonds. The molecule has 0 saturated carbocycles. The molecule has 0 radical (unpaired) electrons. The van der Waals surface area contributed by atoms with Gasteiger partial charge in [0, 0.05) is 17.7 Å². The van der Waals surface area contributed by atoms with Crippen molar-refractivity contribution in [2.24, 2.45) is 17.3 Å². The Labute approximate surface area is 206 Å². The lowest BCUT2D eigenvalue weighted by Gasteiger charge is -2.34. The van der Waals surface area contributed by atoms with Crippen molar-refractivity contribution < 1.29 is 29.3 Å². The number of aryl methyl sites for hydroxylation is 1. The second kappa shape index (κ2) is 11.0. The molecule has 2 N–H and O–H groups in total. The smallest absolute Gasteiger partial charge is 0.308 e. The lowest BCUT2D eigenvalue weighted by molar-refractivity contribution is -0.158. The zero-order valence-electron chi connectivity index (χ0n) is 21.1. The first-order valence-corrected chi connectivity index (χ1v) is 13.1. The quantitative estimate of drug-likeness (QED) is 0.598. The molecule has 0 aliphatic carbocycles. The van der Waals surface area contributed by atoms with Crippen molar-refractivity contribution in [3.05, 3.63) is 21.7 Å². The van der Waals surface area contributed by atoms with E-state index in [1.165, 1.54) is 0 Å². The first-order valence-electron chi connectivity index (χ1n) is 12.3. The van der Waals surface area contributed by atoms with Crippen molar-refractivity contribution in [2.75, 3.05) is 0 Å². The zero-order valence-corrected chi connectivity index (χ0v) is 21.9. The lowest BCUT2D eigenvalue weighted by Crippen LogP contribution is -2.46. The molecule has 2 aliphatic rings. The van der Waals surface area contributed by atoms with Gasteiger partial charge < -0.3 is 19.7 Å². The number of esters is 1. The maximum absolute atomic E-state index is 13.1. The Balaban J connectivity index is 1.79. The second-order valence-corrected chi connectivity index (χ2v) is 11.7. The fourth-order valence-corrected chi connectivity index (χ4v) is 5.57. The van der Waals surface area contributed by atoms with E-state index in [0.29, 0.717) is 12.8 Å². The number of thiazole rings is 1. The molecule has 0 spiro atoms. The monoisotopic (exact) mass is 493 g/mol. The van der Waals surface area contributed by atoms with Crippen LogP contribution in [0, 0.1) is 24.2 Å². The van der Waals surface area contributed by atoms with Crippen molar-refractivity contribution in [1.82, 2.24) is 4.98 Å². The highest BCUT2D eigenvalue weighted by Crippen LogP contribution is 2.35. The van der Waals surface area contributed by atoms with Crippen LogP contribution in [0.15, 0.2) is 11.0 Å². The molecule has 34 heavy (non-hydrogen) atoms. The van der Waals surface area contributed by atoms with Gasteiger partial charge in [-0.15, -0.1) is 11.3 Å². The number of rotatable bonds is 2. The highest BCUT2D eigenvalue weighted by molar-refractivity contribution is 7.09. The van der Waals surface area contributed by atoms with Crippen molar-refractivity contribution in [1.29, 1.82) is 0 Å². The van der Waals surface area contributed by atoms with E-state index in [4.69, 9.17) is 9.47 Å². The maximum atomic E-state index is 13.1. The predicted octanol–water partition coefficient (Wildman–Crippen LogP) is 4.09. The molecule has 2 fully saturated rings. The molecule has 1 aromatic heterocycles. The van der Waals surface area contributed by atoms with E-state index in [0.717, 1.165) is 29.1 Å². The van der Waals surface area contributed by atoms with Crippen LogP contribution in [-0.2, 0) is 19.1 Å². The summed E-state index contributed by atoms with van der Waals surface area (Å²) in [5.74, 6) is -1.50. The van der Waals surface area contributed by atoms with Crippen LogP contribution in [-0.4, -0.2) is 57.5 Å². The standard InChI is InChI=1S/C26H39NO6S/c1-14-8-7-9-19-21(11-20(32-19)15(2)10-18-13-34-17(4)27-18)33-23(29)12-22(28)26(5,6)25(31)16(3)24(14)30/h10,13-14,16,19-22,24,28,30H,7-9,11-12H2,1-6H3/b15-10+/t14-,16+,19+,20-,21+,22-,24-/m0/s1. The number of fused-ring (bicyclic) bond motifs is 1. The van der Waals surface area contributed by atoms with Gasteiger partial charge in [0.05, 0.1) is 47.0 Å². The Hall–Kier alpha value is -1.61. The summed E-state index contributed by atoms with van der Waals surface area (Å²) in [4.78, 5) is 30.3. The number of aliphatic hydroxyl groups is 2. The van der Waals surface area contributed by atoms with Gasteiger partial charge in [0.15, 0.2) is 0 Å². The summed E-state index contributed by atoms with van der Waals surface area (Å²) in [6, 6.07) is 0. The van der Waals surface area contributed by atoms with Gasteiger partial charge in [-0.3, -0.25) is 9.59 Å². The number of ketones is 1. The van der Waals surface area contributed by atoms with Gasteiger partial charge in [-0.05, 0) is 44.3 Å². The van der Waals surface area contributed by atoms with Crippen LogP contribution < -0.4 is 0 Å². The van der Waals surface area contributed by atoms with Crippen LogP contribution in [0.4, 0.5) is 0 Å². The number of aromatic nitrogens is 1. The highest BCUT2D eigenvalue weighted by atomic mass is 32.1. The summed E-state index contributed by atoms with van der Waals surface area (Å²) < 4.78 is 12.1. The second-order valence-electron chi connectivity index (χ2n) is 10.6. The first-order chi connectivity index (χ1) is 15.9. The van der Waals surface area contributed by atoms with Gasteiger partial charge in [-0.25, -0.2) is 4.98 Å². The number of hydrogen-bond acceptors (Lipinski definition) is 8. The van der Waals surface area contributed by atoms with Crippen LogP contribution in [0.2, 0.25) is 0 Å².